The lowest BCUT2D eigenvalue weighted by Crippen LogP contribution is -1.96. The first-order valence-electron chi connectivity index (χ1n) is 4.67. The van der Waals surface area contributed by atoms with Crippen molar-refractivity contribution in [3.8, 4) is 11.4 Å². The van der Waals surface area contributed by atoms with Gasteiger partial charge >= 0.3 is 0 Å². The van der Waals surface area contributed by atoms with Crippen molar-refractivity contribution in [2.45, 2.75) is 6.54 Å². The molecule has 2 aromatic rings. The van der Waals surface area contributed by atoms with Gasteiger partial charge in [0.1, 0.15) is 18.1 Å². The molecule has 80 valence electrons. The fraction of sp³-hybridized carbons (Fsp3) is 0.0909. The first-order valence-corrected chi connectivity index (χ1v) is 4.67. The number of hydrogen-bond donors (Lipinski definition) is 0. The van der Waals surface area contributed by atoms with Crippen LogP contribution in [0.5, 0.6) is 0 Å². The molecule has 0 fully saturated rings. The molecule has 2 rings (SSSR count). The van der Waals surface area contributed by atoms with Gasteiger partial charge in [0.2, 0.25) is 0 Å². The Bertz CT molecular complexity index is 502. The van der Waals surface area contributed by atoms with Crippen LogP contribution in [0.15, 0.2) is 41.7 Å². The van der Waals surface area contributed by atoms with Crippen molar-refractivity contribution in [3.63, 3.8) is 0 Å². The van der Waals surface area contributed by atoms with Gasteiger partial charge in [-0.25, -0.2) is 9.37 Å². The van der Waals surface area contributed by atoms with Gasteiger partial charge in [-0.15, -0.1) is 0 Å². The fourth-order valence-corrected chi connectivity index (χ4v) is 1.31. The van der Waals surface area contributed by atoms with Crippen LogP contribution in [-0.4, -0.2) is 9.97 Å². The van der Waals surface area contributed by atoms with Crippen molar-refractivity contribution < 1.29 is 4.39 Å². The zero-order chi connectivity index (χ0) is 11.4. The number of aromatic nitrogens is 2. The summed E-state index contributed by atoms with van der Waals surface area (Å²) in [5, 5.41) is 2.63. The molecule has 0 amide bonds. The average Bonchev–Trinajstić information content (AvgIpc) is 2.33. The van der Waals surface area contributed by atoms with E-state index in [1.807, 2.05) is 6.07 Å². The first kappa shape index (κ1) is 10.4. The minimum atomic E-state index is -0.528. The van der Waals surface area contributed by atoms with Gasteiger partial charge in [0, 0.05) is 6.20 Å². The topological polar surface area (TPSA) is 55.2 Å². The maximum absolute atomic E-state index is 13.2. The Labute approximate surface area is 91.2 Å². The van der Waals surface area contributed by atoms with Gasteiger partial charge in [0.05, 0.1) is 11.4 Å². The third-order valence-electron chi connectivity index (χ3n) is 2.06. The lowest BCUT2D eigenvalue weighted by molar-refractivity contribution is 0.600. The fourth-order valence-electron chi connectivity index (χ4n) is 1.31. The summed E-state index contributed by atoms with van der Waals surface area (Å²) in [4.78, 5) is 18.2. The summed E-state index contributed by atoms with van der Waals surface area (Å²) >= 11 is 0. The maximum Gasteiger partial charge on any atom is 0.146 e. The van der Waals surface area contributed by atoms with Crippen molar-refractivity contribution in [2.24, 2.45) is 5.18 Å². The van der Waals surface area contributed by atoms with E-state index >= 15 is 0 Å². The highest BCUT2D eigenvalue weighted by Crippen LogP contribution is 2.16. The van der Waals surface area contributed by atoms with Crippen LogP contribution < -0.4 is 0 Å². The molecule has 0 atom stereocenters. The number of halogens is 1. The third-order valence-corrected chi connectivity index (χ3v) is 2.06. The lowest BCUT2D eigenvalue weighted by atomic mass is 10.2. The Balaban J connectivity index is 2.43. The van der Waals surface area contributed by atoms with Gasteiger partial charge in [-0.3, -0.25) is 4.98 Å². The molecule has 2 heterocycles. The predicted molar refractivity (Wildman–Crippen MR) is 56.9 cm³/mol. The van der Waals surface area contributed by atoms with Crippen molar-refractivity contribution in [1.82, 2.24) is 9.97 Å². The first-order chi connectivity index (χ1) is 7.81. The molecule has 0 aliphatic rings. The summed E-state index contributed by atoms with van der Waals surface area (Å²) in [6.07, 6.45) is 1.62. The van der Waals surface area contributed by atoms with Gasteiger partial charge in [0.15, 0.2) is 0 Å². The van der Waals surface area contributed by atoms with Gasteiger partial charge < -0.3 is 0 Å². The largest absolute Gasteiger partial charge is 0.255 e. The molecule has 0 aliphatic heterocycles. The van der Waals surface area contributed by atoms with E-state index in [1.54, 1.807) is 18.3 Å². The monoisotopic (exact) mass is 217 g/mol. The molecule has 0 saturated carbocycles. The van der Waals surface area contributed by atoms with Crippen molar-refractivity contribution in [1.29, 1.82) is 0 Å². The van der Waals surface area contributed by atoms with Gasteiger partial charge in [0.25, 0.3) is 0 Å². The summed E-state index contributed by atoms with van der Waals surface area (Å²) in [5.41, 5.74) is 1.20. The predicted octanol–water partition coefficient (Wildman–Crippen LogP) is 2.55. The number of rotatable bonds is 3. The molecule has 0 radical (unpaired) electrons. The van der Waals surface area contributed by atoms with E-state index in [4.69, 9.17) is 0 Å². The van der Waals surface area contributed by atoms with Crippen LogP contribution in [-0.2, 0) is 6.54 Å². The summed E-state index contributed by atoms with van der Waals surface area (Å²) < 4.78 is 13.2. The Morgan fingerprint density at radius 2 is 2.06 bits per heavy atom. The van der Waals surface area contributed by atoms with Crippen molar-refractivity contribution in [2.75, 3.05) is 0 Å². The molecule has 0 N–H and O–H groups in total. The second-order valence-electron chi connectivity index (χ2n) is 3.13. The Hall–Kier alpha value is -2.17. The summed E-state index contributed by atoms with van der Waals surface area (Å²) in [7, 11) is 0. The molecule has 0 saturated heterocycles. The molecule has 0 aliphatic carbocycles. The highest BCUT2D eigenvalue weighted by molar-refractivity contribution is 5.53. The van der Waals surface area contributed by atoms with E-state index in [9.17, 15) is 9.30 Å². The normalized spacial score (nSPS) is 10.1. The van der Waals surface area contributed by atoms with E-state index in [0.717, 1.165) is 0 Å². The molecular weight excluding hydrogens is 209 g/mol. The van der Waals surface area contributed by atoms with Crippen LogP contribution in [0.2, 0.25) is 0 Å². The number of nitrogens with zero attached hydrogens (tertiary/aromatic N) is 3. The van der Waals surface area contributed by atoms with Crippen LogP contribution >= 0.6 is 0 Å². The highest BCUT2D eigenvalue weighted by atomic mass is 19.1. The Kier molecular flexibility index (Phi) is 2.95. The highest BCUT2D eigenvalue weighted by Gasteiger charge is 2.07. The van der Waals surface area contributed by atoms with E-state index < -0.39 is 5.82 Å². The standard InChI is InChI=1S/C11H8FN3O/c12-8-4-5-10(15-11(8)7-14-16)9-3-1-2-6-13-9/h1-6H,7H2. The molecule has 0 spiro atoms. The van der Waals surface area contributed by atoms with Gasteiger partial charge in [-0.2, -0.15) is 4.91 Å². The Morgan fingerprint density at radius 3 is 2.75 bits per heavy atom. The molecule has 0 unspecified atom stereocenters. The maximum atomic E-state index is 13.2. The number of hydrogen-bond acceptors (Lipinski definition) is 4. The zero-order valence-corrected chi connectivity index (χ0v) is 8.30. The minimum absolute atomic E-state index is 0.0400. The zero-order valence-electron chi connectivity index (χ0n) is 8.30. The average molecular weight is 217 g/mol. The van der Waals surface area contributed by atoms with Gasteiger partial charge in [-0.05, 0) is 24.3 Å². The van der Waals surface area contributed by atoms with E-state index in [-0.39, 0.29) is 12.2 Å². The second kappa shape index (κ2) is 4.57. The van der Waals surface area contributed by atoms with Gasteiger partial charge in [-0.1, -0.05) is 11.2 Å². The molecule has 0 aromatic carbocycles. The molecule has 5 heteroatoms. The second-order valence-corrected chi connectivity index (χ2v) is 3.13. The summed E-state index contributed by atoms with van der Waals surface area (Å²) in [5.74, 6) is -0.528. The minimum Gasteiger partial charge on any atom is -0.255 e. The third kappa shape index (κ3) is 2.08. The van der Waals surface area contributed by atoms with E-state index in [2.05, 4.69) is 15.1 Å². The summed E-state index contributed by atoms with van der Waals surface area (Å²) in [6, 6.07) is 8.13. The van der Waals surface area contributed by atoms with E-state index in [0.29, 0.717) is 11.4 Å². The number of pyridine rings is 2. The quantitative estimate of drug-likeness (QED) is 0.742. The molecule has 16 heavy (non-hydrogen) atoms. The SMILES string of the molecule is O=NCc1nc(-c2ccccn2)ccc1F. The van der Waals surface area contributed by atoms with Crippen molar-refractivity contribution >= 4 is 0 Å². The van der Waals surface area contributed by atoms with Crippen molar-refractivity contribution in [3.05, 3.63) is 52.9 Å². The molecular formula is C11H8FN3O. The molecule has 2 aromatic heterocycles. The van der Waals surface area contributed by atoms with Crippen LogP contribution in [0.4, 0.5) is 4.39 Å². The van der Waals surface area contributed by atoms with E-state index in [1.165, 1.54) is 12.1 Å². The van der Waals surface area contributed by atoms with Crippen LogP contribution in [0.25, 0.3) is 11.4 Å². The number of nitroso groups, excluding NO2 is 1. The summed E-state index contributed by atoms with van der Waals surface area (Å²) in [6.45, 7) is -0.271. The smallest absolute Gasteiger partial charge is 0.146 e. The molecule has 4 nitrogen and oxygen atoms in total. The van der Waals surface area contributed by atoms with Crippen LogP contribution in [0, 0.1) is 10.7 Å². The van der Waals surface area contributed by atoms with Crippen LogP contribution in [0.3, 0.4) is 0 Å². The van der Waals surface area contributed by atoms with Crippen LogP contribution in [0.1, 0.15) is 5.69 Å². The lowest BCUT2D eigenvalue weighted by Gasteiger charge is -2.02. The molecule has 0 bridgehead atoms. The Morgan fingerprint density at radius 1 is 1.19 bits per heavy atom.